The van der Waals surface area contributed by atoms with Crippen LogP contribution in [0.1, 0.15) is 52.0 Å². The van der Waals surface area contributed by atoms with Gasteiger partial charge in [-0.25, -0.2) is 8.78 Å². The Morgan fingerprint density at radius 2 is 1.62 bits per heavy atom. The van der Waals surface area contributed by atoms with E-state index in [0.717, 1.165) is 36.9 Å². The minimum Gasteiger partial charge on any atom is -0.383 e. The number of anilines is 1. The number of carbonyl (C=O) groups excluding carboxylic acids is 1. The molecule has 0 bridgehead atoms. The van der Waals surface area contributed by atoms with Crippen LogP contribution in [0.4, 0.5) is 14.5 Å². The van der Waals surface area contributed by atoms with E-state index in [4.69, 9.17) is 0 Å². The molecule has 0 spiro atoms. The predicted molar refractivity (Wildman–Crippen MR) is 115 cm³/mol. The second-order valence-electron chi connectivity index (χ2n) is 8.01. The van der Waals surface area contributed by atoms with Crippen LogP contribution in [0, 0.1) is 11.6 Å². The normalized spacial score (nSPS) is 15.0. The Bertz CT molecular complexity index is 875. The highest BCUT2D eigenvalue weighted by molar-refractivity contribution is 5.97. The molecule has 3 nitrogen and oxygen atoms in total. The highest BCUT2D eigenvalue weighted by atomic mass is 19.1. The molecule has 29 heavy (non-hydrogen) atoms. The molecule has 2 aromatic rings. The summed E-state index contributed by atoms with van der Waals surface area (Å²) in [5.41, 5.74) is 2.25. The first-order valence-corrected chi connectivity index (χ1v) is 10.2. The smallest absolute Gasteiger partial charge is 0.247 e. The molecule has 1 amide bonds. The number of hydrogen-bond donors (Lipinski definition) is 2. The van der Waals surface area contributed by atoms with Crippen LogP contribution in [0.5, 0.6) is 0 Å². The summed E-state index contributed by atoms with van der Waals surface area (Å²) in [6, 6.07) is 10.5. The molecule has 0 heterocycles. The van der Waals surface area contributed by atoms with Crippen molar-refractivity contribution >= 4 is 17.7 Å². The van der Waals surface area contributed by atoms with Crippen molar-refractivity contribution in [2.45, 2.75) is 58.5 Å². The molecule has 0 unspecified atom stereocenters. The van der Waals surface area contributed by atoms with Crippen LogP contribution in [-0.4, -0.2) is 18.0 Å². The fourth-order valence-corrected chi connectivity index (χ4v) is 3.63. The van der Waals surface area contributed by atoms with Crippen LogP contribution in [0.15, 0.2) is 42.0 Å². The van der Waals surface area contributed by atoms with Crippen molar-refractivity contribution in [1.29, 1.82) is 0 Å². The number of hydrogen-bond acceptors (Lipinski definition) is 2. The number of carbonyl (C=O) groups is 1. The monoisotopic (exact) mass is 398 g/mol. The summed E-state index contributed by atoms with van der Waals surface area (Å²) in [6.45, 7) is 5.67. The molecule has 1 saturated carbocycles. The van der Waals surface area contributed by atoms with Crippen LogP contribution >= 0.6 is 0 Å². The lowest BCUT2D eigenvalue weighted by Crippen LogP contribution is -2.33. The van der Waals surface area contributed by atoms with Gasteiger partial charge in [-0.1, -0.05) is 25.0 Å². The van der Waals surface area contributed by atoms with Crippen molar-refractivity contribution in [3.8, 4) is 11.1 Å². The Balaban J connectivity index is 1.79. The Labute approximate surface area is 171 Å². The molecule has 3 rings (SSSR count). The van der Waals surface area contributed by atoms with E-state index in [1.165, 1.54) is 18.2 Å². The highest BCUT2D eigenvalue weighted by Gasteiger charge is 2.18. The predicted octanol–water partition coefficient (Wildman–Crippen LogP) is 5.91. The SMILES string of the molecule is C/C(=C\c1c(F)cc(-c2ccc(NC(C)C)cc2)cc1F)C(=O)NC1CCCC1. The largest absolute Gasteiger partial charge is 0.383 e. The zero-order valence-corrected chi connectivity index (χ0v) is 17.2. The molecule has 0 saturated heterocycles. The van der Waals surface area contributed by atoms with Gasteiger partial charge in [0.05, 0.1) is 0 Å². The van der Waals surface area contributed by atoms with E-state index in [1.54, 1.807) is 6.92 Å². The summed E-state index contributed by atoms with van der Waals surface area (Å²) in [4.78, 5) is 12.3. The highest BCUT2D eigenvalue weighted by Crippen LogP contribution is 2.27. The maximum absolute atomic E-state index is 14.6. The Morgan fingerprint density at radius 1 is 1.03 bits per heavy atom. The van der Waals surface area contributed by atoms with Crippen molar-refractivity contribution in [1.82, 2.24) is 5.32 Å². The van der Waals surface area contributed by atoms with Gasteiger partial charge in [-0.05, 0) is 75.1 Å². The van der Waals surface area contributed by atoms with Crippen LogP contribution in [-0.2, 0) is 4.79 Å². The first-order chi connectivity index (χ1) is 13.8. The summed E-state index contributed by atoms with van der Waals surface area (Å²) >= 11 is 0. The lowest BCUT2D eigenvalue weighted by atomic mass is 10.0. The molecule has 1 aliphatic carbocycles. The van der Waals surface area contributed by atoms with Crippen LogP contribution in [0.25, 0.3) is 17.2 Å². The van der Waals surface area contributed by atoms with Crippen LogP contribution < -0.4 is 10.6 Å². The average Bonchev–Trinajstić information content (AvgIpc) is 3.17. The standard InChI is InChI=1S/C24H28F2N2O/c1-15(2)27-20-10-8-17(9-11-20)18-13-22(25)21(23(26)14-18)12-16(3)24(29)28-19-6-4-5-7-19/h8-15,19,27H,4-7H2,1-3H3,(H,28,29)/b16-12+. The number of nitrogens with one attached hydrogen (secondary N) is 2. The van der Waals surface area contributed by atoms with Gasteiger partial charge < -0.3 is 10.6 Å². The second-order valence-corrected chi connectivity index (χ2v) is 8.01. The molecular formula is C24H28F2N2O. The molecule has 0 radical (unpaired) electrons. The van der Waals surface area contributed by atoms with Crippen LogP contribution in [0.3, 0.4) is 0 Å². The number of amides is 1. The summed E-state index contributed by atoms with van der Waals surface area (Å²) in [6.07, 6.45) is 5.41. The van der Waals surface area contributed by atoms with Crippen LogP contribution in [0.2, 0.25) is 0 Å². The van der Waals surface area contributed by atoms with Crippen molar-refractivity contribution < 1.29 is 13.6 Å². The molecule has 0 atom stereocenters. The average molecular weight is 398 g/mol. The van der Waals surface area contributed by atoms with Crippen molar-refractivity contribution in [2.24, 2.45) is 0 Å². The van der Waals surface area contributed by atoms with Gasteiger partial charge in [0.15, 0.2) is 0 Å². The lowest BCUT2D eigenvalue weighted by Gasteiger charge is -2.13. The lowest BCUT2D eigenvalue weighted by molar-refractivity contribution is -0.118. The quantitative estimate of drug-likeness (QED) is 0.594. The molecule has 1 fully saturated rings. The molecule has 0 aliphatic heterocycles. The van der Waals surface area contributed by atoms with Gasteiger partial charge in [0.2, 0.25) is 5.91 Å². The number of rotatable bonds is 6. The third kappa shape index (κ3) is 5.43. The van der Waals surface area contributed by atoms with Gasteiger partial charge in [0.1, 0.15) is 11.6 Å². The molecule has 5 heteroatoms. The Morgan fingerprint density at radius 3 is 2.17 bits per heavy atom. The molecule has 2 N–H and O–H groups in total. The van der Waals surface area contributed by atoms with E-state index >= 15 is 0 Å². The van der Waals surface area contributed by atoms with Crippen molar-refractivity contribution in [3.05, 3.63) is 59.2 Å². The van der Waals surface area contributed by atoms with Gasteiger partial charge in [0, 0.05) is 28.9 Å². The van der Waals surface area contributed by atoms with Gasteiger partial charge >= 0.3 is 0 Å². The van der Waals surface area contributed by atoms with E-state index < -0.39 is 11.6 Å². The fraction of sp³-hybridized carbons (Fsp3) is 0.375. The first kappa shape index (κ1) is 21.0. The van der Waals surface area contributed by atoms with Gasteiger partial charge in [-0.15, -0.1) is 0 Å². The summed E-state index contributed by atoms with van der Waals surface area (Å²) in [7, 11) is 0. The molecule has 2 aromatic carbocycles. The van der Waals surface area contributed by atoms with E-state index in [0.29, 0.717) is 17.2 Å². The third-order valence-corrected chi connectivity index (χ3v) is 5.16. The Hall–Kier alpha value is -2.69. The van der Waals surface area contributed by atoms with Gasteiger partial charge in [-0.2, -0.15) is 0 Å². The minimum atomic E-state index is -0.683. The first-order valence-electron chi connectivity index (χ1n) is 10.2. The number of halogens is 2. The van der Waals surface area contributed by atoms with E-state index in [-0.39, 0.29) is 17.5 Å². The van der Waals surface area contributed by atoms with E-state index in [1.807, 2.05) is 38.1 Å². The molecular weight excluding hydrogens is 370 g/mol. The summed E-state index contributed by atoms with van der Waals surface area (Å²) < 4.78 is 29.3. The summed E-state index contributed by atoms with van der Waals surface area (Å²) in [5, 5.41) is 6.21. The zero-order valence-electron chi connectivity index (χ0n) is 17.2. The van der Waals surface area contributed by atoms with Gasteiger partial charge in [0.25, 0.3) is 0 Å². The van der Waals surface area contributed by atoms with Gasteiger partial charge in [-0.3, -0.25) is 4.79 Å². The summed E-state index contributed by atoms with van der Waals surface area (Å²) in [5.74, 6) is -1.64. The Kier molecular flexibility index (Phi) is 6.68. The molecule has 0 aromatic heterocycles. The van der Waals surface area contributed by atoms with Crippen molar-refractivity contribution in [3.63, 3.8) is 0 Å². The number of benzene rings is 2. The minimum absolute atomic E-state index is 0.163. The fourth-order valence-electron chi connectivity index (χ4n) is 3.63. The maximum Gasteiger partial charge on any atom is 0.247 e. The van der Waals surface area contributed by atoms with E-state index in [2.05, 4.69) is 10.6 Å². The molecule has 1 aliphatic rings. The maximum atomic E-state index is 14.6. The zero-order chi connectivity index (χ0) is 21.0. The van der Waals surface area contributed by atoms with E-state index in [9.17, 15) is 13.6 Å². The molecule has 154 valence electrons. The second kappa shape index (κ2) is 9.21. The van der Waals surface area contributed by atoms with Crippen molar-refractivity contribution in [2.75, 3.05) is 5.32 Å². The topological polar surface area (TPSA) is 41.1 Å². The third-order valence-electron chi connectivity index (χ3n) is 5.16.